The fraction of sp³-hybridized carbons (Fsp3) is 0.517. The van der Waals surface area contributed by atoms with E-state index < -0.39 is 0 Å². The van der Waals surface area contributed by atoms with Gasteiger partial charge in [0.05, 0.1) is 6.10 Å². The molecule has 0 aliphatic heterocycles. The number of aliphatic hydroxyl groups is 1. The standard InChI is InChI=1S/C28H40O.CH4O/c1-20(19-26(3,4)5)29-25-17-15-24(16-18-25)28(9,10)23-13-11-22(12-14-23)21(2)27(6,7)8;1-2/h11-18,20H,2,19H2,1,3-10H3;2H,1H3. The van der Waals surface area contributed by atoms with Crippen LogP contribution in [-0.4, -0.2) is 18.3 Å². The summed E-state index contributed by atoms with van der Waals surface area (Å²) in [5.41, 5.74) is 5.26. The zero-order chi connectivity index (χ0) is 24.0. The Morgan fingerprint density at radius 1 is 0.806 bits per heavy atom. The van der Waals surface area contributed by atoms with Crippen LogP contribution < -0.4 is 4.74 Å². The first-order chi connectivity index (χ1) is 14.2. The van der Waals surface area contributed by atoms with E-state index in [0.29, 0.717) is 0 Å². The Bertz CT molecular complexity index is 813. The fourth-order valence-electron chi connectivity index (χ4n) is 3.77. The number of benzene rings is 2. The van der Waals surface area contributed by atoms with Gasteiger partial charge in [0.2, 0.25) is 0 Å². The number of allylic oxidation sites excluding steroid dienone is 1. The number of hydrogen-bond donors (Lipinski definition) is 1. The minimum atomic E-state index is -0.0723. The first-order valence-electron chi connectivity index (χ1n) is 11.2. The van der Waals surface area contributed by atoms with Crippen molar-refractivity contribution in [2.75, 3.05) is 7.11 Å². The van der Waals surface area contributed by atoms with E-state index in [4.69, 9.17) is 9.84 Å². The third-order valence-corrected chi connectivity index (χ3v) is 5.67. The van der Waals surface area contributed by atoms with Crippen LogP contribution in [0.5, 0.6) is 5.75 Å². The van der Waals surface area contributed by atoms with E-state index in [1.54, 1.807) is 0 Å². The highest BCUT2D eigenvalue weighted by molar-refractivity contribution is 5.67. The smallest absolute Gasteiger partial charge is 0.119 e. The van der Waals surface area contributed by atoms with Crippen LogP contribution in [0.2, 0.25) is 0 Å². The van der Waals surface area contributed by atoms with E-state index in [1.165, 1.54) is 22.3 Å². The molecule has 2 nitrogen and oxygen atoms in total. The molecule has 172 valence electrons. The molecule has 2 aromatic rings. The highest BCUT2D eigenvalue weighted by Gasteiger charge is 2.24. The lowest BCUT2D eigenvalue weighted by molar-refractivity contribution is 0.160. The summed E-state index contributed by atoms with van der Waals surface area (Å²) < 4.78 is 6.13. The van der Waals surface area contributed by atoms with E-state index in [9.17, 15) is 0 Å². The summed E-state index contributed by atoms with van der Waals surface area (Å²) in [4.78, 5) is 0. The minimum absolute atomic E-state index is 0.0723. The van der Waals surface area contributed by atoms with Crippen molar-refractivity contribution < 1.29 is 9.84 Å². The molecule has 2 rings (SSSR count). The molecule has 0 aliphatic carbocycles. The Morgan fingerprint density at radius 2 is 1.23 bits per heavy atom. The maximum absolute atomic E-state index is 7.00. The van der Waals surface area contributed by atoms with Crippen molar-refractivity contribution in [3.05, 3.63) is 71.8 Å². The molecule has 0 aromatic heterocycles. The van der Waals surface area contributed by atoms with Gasteiger partial charge in [-0.15, -0.1) is 0 Å². The van der Waals surface area contributed by atoms with Crippen LogP contribution in [0.15, 0.2) is 55.1 Å². The summed E-state index contributed by atoms with van der Waals surface area (Å²) in [5, 5.41) is 7.00. The maximum Gasteiger partial charge on any atom is 0.119 e. The predicted octanol–water partition coefficient (Wildman–Crippen LogP) is 7.88. The largest absolute Gasteiger partial charge is 0.491 e. The molecule has 0 saturated carbocycles. The predicted molar refractivity (Wildman–Crippen MR) is 136 cm³/mol. The van der Waals surface area contributed by atoms with Crippen LogP contribution in [0, 0.1) is 10.8 Å². The first-order valence-corrected chi connectivity index (χ1v) is 11.2. The Morgan fingerprint density at radius 3 is 1.61 bits per heavy atom. The van der Waals surface area contributed by atoms with E-state index in [-0.39, 0.29) is 22.3 Å². The minimum Gasteiger partial charge on any atom is -0.491 e. The summed E-state index contributed by atoms with van der Waals surface area (Å²) in [6, 6.07) is 17.5. The zero-order valence-electron chi connectivity index (χ0n) is 21.5. The summed E-state index contributed by atoms with van der Waals surface area (Å²) in [5.74, 6) is 0.943. The number of ether oxygens (including phenoxy) is 1. The summed E-state index contributed by atoms with van der Waals surface area (Å²) in [7, 11) is 1.00. The summed E-state index contributed by atoms with van der Waals surface area (Å²) >= 11 is 0. The second kappa shape index (κ2) is 10.5. The lowest BCUT2D eigenvalue weighted by atomic mass is 9.77. The molecule has 0 aliphatic rings. The Kier molecular flexibility index (Phi) is 9.14. The quantitative estimate of drug-likeness (QED) is 0.511. The molecule has 0 heterocycles. The van der Waals surface area contributed by atoms with Crippen molar-refractivity contribution in [1.29, 1.82) is 0 Å². The third kappa shape index (κ3) is 7.85. The lowest BCUT2D eigenvalue weighted by Crippen LogP contribution is -2.21. The maximum atomic E-state index is 7.00. The molecular weight excluding hydrogens is 380 g/mol. The van der Waals surface area contributed by atoms with Gasteiger partial charge in [0.1, 0.15) is 5.75 Å². The fourth-order valence-corrected chi connectivity index (χ4v) is 3.77. The lowest BCUT2D eigenvalue weighted by Gasteiger charge is -2.28. The highest BCUT2D eigenvalue weighted by atomic mass is 16.5. The van der Waals surface area contributed by atoms with E-state index >= 15 is 0 Å². The molecule has 1 N–H and O–H groups in total. The molecule has 0 amide bonds. The molecule has 1 unspecified atom stereocenters. The van der Waals surface area contributed by atoms with E-state index in [2.05, 4.69) is 117 Å². The van der Waals surface area contributed by atoms with Crippen LogP contribution in [0.1, 0.15) is 85.4 Å². The molecule has 2 aromatic carbocycles. The molecule has 2 heteroatoms. The SMILES string of the molecule is C=C(c1ccc(C(C)(C)c2ccc(OC(C)CC(C)(C)C)cc2)cc1)C(C)(C)C.CO. The monoisotopic (exact) mass is 424 g/mol. The number of aliphatic hydroxyl groups excluding tert-OH is 1. The van der Waals surface area contributed by atoms with Gasteiger partial charge in [0.15, 0.2) is 0 Å². The van der Waals surface area contributed by atoms with Gasteiger partial charge in [0.25, 0.3) is 0 Å². The molecule has 31 heavy (non-hydrogen) atoms. The van der Waals surface area contributed by atoms with Crippen molar-refractivity contribution in [3.63, 3.8) is 0 Å². The second-order valence-corrected chi connectivity index (χ2v) is 11.1. The van der Waals surface area contributed by atoms with Crippen molar-refractivity contribution in [2.45, 2.75) is 80.3 Å². The van der Waals surface area contributed by atoms with Gasteiger partial charge in [0, 0.05) is 12.5 Å². The van der Waals surface area contributed by atoms with Crippen LogP contribution in [-0.2, 0) is 5.41 Å². The topological polar surface area (TPSA) is 29.5 Å². The molecule has 0 bridgehead atoms. The van der Waals surface area contributed by atoms with Gasteiger partial charge in [-0.1, -0.05) is 98.4 Å². The van der Waals surface area contributed by atoms with Gasteiger partial charge in [-0.05, 0) is 58.6 Å². The van der Waals surface area contributed by atoms with Crippen LogP contribution in [0.25, 0.3) is 5.57 Å². The van der Waals surface area contributed by atoms with E-state index in [1.807, 2.05) is 0 Å². The van der Waals surface area contributed by atoms with Gasteiger partial charge < -0.3 is 9.84 Å². The van der Waals surface area contributed by atoms with Crippen molar-refractivity contribution in [1.82, 2.24) is 0 Å². The van der Waals surface area contributed by atoms with Gasteiger partial charge in [-0.3, -0.25) is 0 Å². The first kappa shape index (κ1) is 27.0. The average molecular weight is 425 g/mol. The third-order valence-electron chi connectivity index (χ3n) is 5.67. The Labute approximate surface area is 191 Å². The molecular formula is C29H44O2. The Hall–Kier alpha value is -2.06. The second-order valence-electron chi connectivity index (χ2n) is 11.1. The molecule has 1 atom stereocenters. The highest BCUT2D eigenvalue weighted by Crippen LogP contribution is 2.36. The van der Waals surface area contributed by atoms with Crippen molar-refractivity contribution >= 4 is 5.57 Å². The van der Waals surface area contributed by atoms with Crippen LogP contribution >= 0.6 is 0 Å². The van der Waals surface area contributed by atoms with Crippen molar-refractivity contribution in [2.24, 2.45) is 10.8 Å². The molecule has 0 fully saturated rings. The summed E-state index contributed by atoms with van der Waals surface area (Å²) in [6.45, 7) is 24.4. The van der Waals surface area contributed by atoms with E-state index in [0.717, 1.165) is 19.3 Å². The summed E-state index contributed by atoms with van der Waals surface area (Å²) in [6.07, 6.45) is 1.24. The molecule has 0 spiro atoms. The molecule has 0 radical (unpaired) electrons. The Balaban J connectivity index is 0.00000233. The van der Waals surface area contributed by atoms with Crippen LogP contribution in [0.3, 0.4) is 0 Å². The normalized spacial score (nSPS) is 13.1. The van der Waals surface area contributed by atoms with Gasteiger partial charge >= 0.3 is 0 Å². The average Bonchev–Trinajstić information content (AvgIpc) is 2.67. The van der Waals surface area contributed by atoms with Crippen molar-refractivity contribution in [3.8, 4) is 5.75 Å². The van der Waals surface area contributed by atoms with Crippen LogP contribution in [0.4, 0.5) is 0 Å². The number of hydrogen-bond acceptors (Lipinski definition) is 2. The van der Waals surface area contributed by atoms with Gasteiger partial charge in [-0.25, -0.2) is 0 Å². The zero-order valence-corrected chi connectivity index (χ0v) is 21.5. The number of rotatable bonds is 6. The molecule has 0 saturated heterocycles. The van der Waals surface area contributed by atoms with Gasteiger partial charge in [-0.2, -0.15) is 0 Å².